The average Bonchev–Trinajstić information content (AvgIpc) is 2.72. The minimum absolute atomic E-state index is 0.0923. The predicted molar refractivity (Wildman–Crippen MR) is 112 cm³/mol. The lowest BCUT2D eigenvalue weighted by Crippen LogP contribution is -2.42. The Morgan fingerprint density at radius 3 is 2.33 bits per heavy atom. The van der Waals surface area contributed by atoms with E-state index in [1.165, 1.54) is 32.4 Å². The third-order valence-corrected chi connectivity index (χ3v) is 5.10. The number of rotatable bonds is 8. The molecule has 2 rings (SSSR count). The van der Waals surface area contributed by atoms with Gasteiger partial charge in [-0.2, -0.15) is 0 Å². The van der Waals surface area contributed by atoms with Gasteiger partial charge in [-0.15, -0.1) is 0 Å². The summed E-state index contributed by atoms with van der Waals surface area (Å²) in [5, 5.41) is 6.73. The molecule has 1 aromatic carbocycles. The summed E-state index contributed by atoms with van der Waals surface area (Å²) in [5.41, 5.74) is 1.87. The Labute approximate surface area is 164 Å². The highest BCUT2D eigenvalue weighted by Crippen LogP contribution is 2.08. The second kappa shape index (κ2) is 11.6. The molecule has 0 radical (unpaired) electrons. The maximum atomic E-state index is 12.4. The van der Waals surface area contributed by atoms with E-state index in [0.717, 1.165) is 43.3 Å². The van der Waals surface area contributed by atoms with E-state index in [2.05, 4.69) is 20.5 Å². The van der Waals surface area contributed by atoms with Crippen LogP contribution in [0.15, 0.2) is 29.3 Å². The van der Waals surface area contributed by atoms with Gasteiger partial charge in [-0.05, 0) is 57.5 Å². The molecule has 1 fully saturated rings. The summed E-state index contributed by atoms with van der Waals surface area (Å²) in [6, 6.07) is 7.82. The number of nitrogens with one attached hydrogen (secondary N) is 2. The lowest BCUT2D eigenvalue weighted by Gasteiger charge is -2.26. The van der Waals surface area contributed by atoms with Gasteiger partial charge < -0.3 is 20.4 Å². The third kappa shape index (κ3) is 6.86. The molecular weight excluding hydrogens is 338 g/mol. The van der Waals surface area contributed by atoms with E-state index in [1.807, 2.05) is 43.0 Å². The Morgan fingerprint density at radius 2 is 1.74 bits per heavy atom. The number of carbonyl (C=O) groups excluding carboxylic acids is 1. The number of nitrogens with zero attached hydrogens (tertiary/aromatic N) is 3. The number of piperidine rings is 1. The van der Waals surface area contributed by atoms with Gasteiger partial charge in [0.2, 0.25) is 0 Å². The Morgan fingerprint density at radius 1 is 1.07 bits per heavy atom. The zero-order chi connectivity index (χ0) is 19.5. The topological polar surface area (TPSA) is 60.0 Å². The lowest BCUT2D eigenvalue weighted by atomic mass is 10.1. The van der Waals surface area contributed by atoms with Gasteiger partial charge in [0.25, 0.3) is 5.91 Å². The van der Waals surface area contributed by atoms with E-state index in [0.29, 0.717) is 6.54 Å². The molecular formula is C21H35N5O. The Hall–Kier alpha value is -2.08. The summed E-state index contributed by atoms with van der Waals surface area (Å²) >= 11 is 0. The normalized spacial score (nSPS) is 15.4. The van der Waals surface area contributed by atoms with Crippen molar-refractivity contribution in [2.45, 2.75) is 39.7 Å². The van der Waals surface area contributed by atoms with Gasteiger partial charge >= 0.3 is 0 Å². The second-order valence-electron chi connectivity index (χ2n) is 6.93. The smallest absolute Gasteiger partial charge is 0.253 e. The minimum atomic E-state index is 0.0923. The van der Waals surface area contributed by atoms with Crippen LogP contribution in [0.5, 0.6) is 0 Å². The number of likely N-dealkylation sites (tertiary alicyclic amines) is 1. The monoisotopic (exact) mass is 373 g/mol. The first-order valence-electron chi connectivity index (χ1n) is 10.2. The Balaban J connectivity index is 1.76. The fourth-order valence-electron chi connectivity index (χ4n) is 3.38. The molecule has 0 atom stereocenters. The van der Waals surface area contributed by atoms with Gasteiger partial charge in [-0.3, -0.25) is 9.79 Å². The molecule has 27 heavy (non-hydrogen) atoms. The molecule has 6 heteroatoms. The van der Waals surface area contributed by atoms with Crippen molar-refractivity contribution in [3.63, 3.8) is 0 Å². The first-order valence-corrected chi connectivity index (χ1v) is 10.2. The number of guanidine groups is 1. The molecule has 0 spiro atoms. The number of carbonyl (C=O) groups is 1. The maximum absolute atomic E-state index is 12.4. The van der Waals surface area contributed by atoms with Crippen molar-refractivity contribution in [2.75, 3.05) is 46.3 Å². The molecule has 0 unspecified atom stereocenters. The van der Waals surface area contributed by atoms with Gasteiger partial charge in [-0.1, -0.05) is 18.6 Å². The van der Waals surface area contributed by atoms with Crippen LogP contribution >= 0.6 is 0 Å². The highest BCUT2D eigenvalue weighted by Gasteiger charge is 2.12. The first kappa shape index (κ1) is 21.2. The minimum Gasteiger partial charge on any atom is -0.355 e. The fraction of sp³-hybridized carbons (Fsp3) is 0.619. The number of hydrogen-bond donors (Lipinski definition) is 2. The van der Waals surface area contributed by atoms with E-state index < -0.39 is 0 Å². The molecule has 150 valence electrons. The molecule has 0 bridgehead atoms. The van der Waals surface area contributed by atoms with Gasteiger partial charge in [0.1, 0.15) is 0 Å². The molecule has 1 aromatic rings. The van der Waals surface area contributed by atoms with E-state index >= 15 is 0 Å². The largest absolute Gasteiger partial charge is 0.355 e. The van der Waals surface area contributed by atoms with Crippen molar-refractivity contribution in [1.29, 1.82) is 0 Å². The quantitative estimate of drug-likeness (QED) is 0.542. The van der Waals surface area contributed by atoms with Crippen LogP contribution in [0.25, 0.3) is 0 Å². The van der Waals surface area contributed by atoms with Gasteiger partial charge in [0, 0.05) is 45.3 Å². The van der Waals surface area contributed by atoms with Crippen molar-refractivity contribution in [1.82, 2.24) is 20.4 Å². The molecule has 1 saturated heterocycles. The van der Waals surface area contributed by atoms with Crippen LogP contribution in [-0.4, -0.2) is 68.0 Å². The first-order chi connectivity index (χ1) is 13.2. The number of amides is 1. The molecule has 1 amide bonds. The van der Waals surface area contributed by atoms with Crippen molar-refractivity contribution in [2.24, 2.45) is 4.99 Å². The van der Waals surface area contributed by atoms with Crippen LogP contribution in [0.4, 0.5) is 0 Å². The summed E-state index contributed by atoms with van der Waals surface area (Å²) in [4.78, 5) is 21.0. The van der Waals surface area contributed by atoms with Crippen LogP contribution in [0, 0.1) is 0 Å². The fourth-order valence-corrected chi connectivity index (χ4v) is 3.38. The zero-order valence-electron chi connectivity index (χ0n) is 17.1. The standard InChI is InChI=1S/C21H35N5O/c1-4-26(5-2)20(27)19-11-9-18(10-12-19)17-24-21(22-3)23-13-16-25-14-7-6-8-15-25/h9-12H,4-8,13-17H2,1-3H3,(H2,22,23,24). The van der Waals surface area contributed by atoms with Gasteiger partial charge in [0.15, 0.2) is 5.96 Å². The van der Waals surface area contributed by atoms with Crippen LogP contribution in [0.2, 0.25) is 0 Å². The van der Waals surface area contributed by atoms with Gasteiger partial charge in [0.05, 0.1) is 0 Å². The number of aliphatic imine (C=N–C) groups is 1. The zero-order valence-corrected chi connectivity index (χ0v) is 17.1. The van der Waals surface area contributed by atoms with Crippen LogP contribution in [0.3, 0.4) is 0 Å². The van der Waals surface area contributed by atoms with E-state index in [9.17, 15) is 4.79 Å². The average molecular weight is 374 g/mol. The molecule has 2 N–H and O–H groups in total. The third-order valence-electron chi connectivity index (χ3n) is 5.10. The lowest BCUT2D eigenvalue weighted by molar-refractivity contribution is 0.0773. The van der Waals surface area contributed by atoms with Crippen molar-refractivity contribution in [3.8, 4) is 0 Å². The predicted octanol–water partition coefficient (Wildman–Crippen LogP) is 2.32. The molecule has 1 aliphatic rings. The van der Waals surface area contributed by atoms with E-state index in [-0.39, 0.29) is 5.91 Å². The Bertz CT molecular complexity index is 589. The van der Waals surface area contributed by atoms with Crippen molar-refractivity contribution < 1.29 is 4.79 Å². The summed E-state index contributed by atoms with van der Waals surface area (Å²) in [7, 11) is 1.79. The van der Waals surface area contributed by atoms with Crippen LogP contribution in [-0.2, 0) is 6.54 Å². The highest BCUT2D eigenvalue weighted by molar-refractivity contribution is 5.94. The van der Waals surface area contributed by atoms with Crippen molar-refractivity contribution >= 4 is 11.9 Å². The molecule has 1 heterocycles. The highest BCUT2D eigenvalue weighted by atomic mass is 16.2. The number of benzene rings is 1. The van der Waals surface area contributed by atoms with Crippen LogP contribution in [0.1, 0.15) is 49.0 Å². The SMILES string of the molecule is CCN(CC)C(=O)c1ccc(CNC(=NC)NCCN2CCCCC2)cc1. The number of hydrogen-bond acceptors (Lipinski definition) is 3. The van der Waals surface area contributed by atoms with Crippen LogP contribution < -0.4 is 10.6 Å². The molecule has 0 aromatic heterocycles. The van der Waals surface area contributed by atoms with Gasteiger partial charge in [-0.25, -0.2) is 0 Å². The Kier molecular flexibility index (Phi) is 9.11. The van der Waals surface area contributed by atoms with E-state index in [4.69, 9.17) is 0 Å². The maximum Gasteiger partial charge on any atom is 0.253 e. The summed E-state index contributed by atoms with van der Waals surface area (Å²) in [6.07, 6.45) is 4.01. The summed E-state index contributed by atoms with van der Waals surface area (Å²) in [6.45, 7) is 10.5. The summed E-state index contributed by atoms with van der Waals surface area (Å²) < 4.78 is 0. The molecule has 1 aliphatic heterocycles. The molecule has 0 aliphatic carbocycles. The second-order valence-corrected chi connectivity index (χ2v) is 6.93. The van der Waals surface area contributed by atoms with Crippen molar-refractivity contribution in [3.05, 3.63) is 35.4 Å². The summed E-state index contributed by atoms with van der Waals surface area (Å²) in [5.74, 6) is 0.907. The van der Waals surface area contributed by atoms with E-state index in [1.54, 1.807) is 7.05 Å². The molecule has 0 saturated carbocycles. The molecule has 6 nitrogen and oxygen atoms in total.